The van der Waals surface area contributed by atoms with Crippen LogP contribution in [0, 0.1) is 5.82 Å². The van der Waals surface area contributed by atoms with Crippen molar-refractivity contribution >= 4 is 22.5 Å². The summed E-state index contributed by atoms with van der Waals surface area (Å²) < 4.78 is 54.7. The fraction of sp³-hybridized carbons (Fsp3) is 0.333. The lowest BCUT2D eigenvalue weighted by atomic mass is 10.1. The number of piperazine rings is 1. The second-order valence-electron chi connectivity index (χ2n) is 5.62. The Morgan fingerprint density at radius 1 is 1.12 bits per heavy atom. The normalized spacial score (nSPS) is 16.2. The molecule has 1 aliphatic rings. The molecule has 126 valence electrons. The molecule has 1 N–H and O–H groups in total. The molecule has 0 saturated carbocycles. The average molecular weight is 339 g/mol. The lowest BCUT2D eigenvalue weighted by Gasteiger charge is -2.28. The molecule has 1 fully saturated rings. The molecule has 0 unspecified atom stereocenters. The summed E-state index contributed by atoms with van der Waals surface area (Å²) in [5, 5.41) is 3.20. The average Bonchev–Trinajstić information content (AvgIpc) is 3.04. The Morgan fingerprint density at radius 3 is 2.58 bits per heavy atom. The number of fused-ring (bicyclic) bond motifs is 3. The summed E-state index contributed by atoms with van der Waals surface area (Å²) in [4.78, 5) is 10.4. The molecule has 0 aliphatic carbocycles. The number of alkyl halides is 3. The highest BCUT2D eigenvalue weighted by molar-refractivity contribution is 5.84. The first-order chi connectivity index (χ1) is 11.4. The fourth-order valence-electron chi connectivity index (χ4n) is 2.95. The quantitative estimate of drug-likeness (QED) is 0.692. The van der Waals surface area contributed by atoms with Crippen molar-refractivity contribution in [1.82, 2.24) is 19.7 Å². The summed E-state index contributed by atoms with van der Waals surface area (Å²) in [5.74, 6) is -0.514. The van der Waals surface area contributed by atoms with Crippen LogP contribution in [0.2, 0.25) is 0 Å². The smallest absolute Gasteiger partial charge is 0.351 e. The molecule has 0 atom stereocenters. The van der Waals surface area contributed by atoms with Crippen molar-refractivity contribution in [3.8, 4) is 0 Å². The van der Waals surface area contributed by atoms with Crippen LogP contribution in [0.4, 0.5) is 23.4 Å². The van der Waals surface area contributed by atoms with Crippen molar-refractivity contribution in [2.75, 3.05) is 31.1 Å². The third-order valence-corrected chi connectivity index (χ3v) is 4.11. The van der Waals surface area contributed by atoms with E-state index in [0.29, 0.717) is 30.6 Å². The van der Waals surface area contributed by atoms with E-state index in [2.05, 4.69) is 15.3 Å². The van der Waals surface area contributed by atoms with Crippen LogP contribution in [0.25, 0.3) is 16.7 Å². The number of nitrogens with one attached hydrogen (secondary N) is 1. The number of hydrogen-bond acceptors (Lipinski definition) is 4. The minimum atomic E-state index is -4.63. The lowest BCUT2D eigenvalue weighted by Crippen LogP contribution is -2.44. The van der Waals surface area contributed by atoms with E-state index in [9.17, 15) is 17.6 Å². The van der Waals surface area contributed by atoms with Crippen molar-refractivity contribution in [3.05, 3.63) is 35.9 Å². The van der Waals surface area contributed by atoms with Crippen LogP contribution in [-0.2, 0) is 6.18 Å². The van der Waals surface area contributed by atoms with Gasteiger partial charge >= 0.3 is 6.18 Å². The van der Waals surface area contributed by atoms with E-state index in [1.807, 2.05) is 4.90 Å². The van der Waals surface area contributed by atoms with Crippen LogP contribution >= 0.6 is 0 Å². The SMILES string of the molecule is Fc1cc(C(F)(F)F)cc2c1nc(N1CCNCC1)c1nccn12. The van der Waals surface area contributed by atoms with Crippen LogP contribution in [0.5, 0.6) is 0 Å². The van der Waals surface area contributed by atoms with Gasteiger partial charge in [0.25, 0.3) is 0 Å². The van der Waals surface area contributed by atoms with Gasteiger partial charge in [-0.25, -0.2) is 14.4 Å². The van der Waals surface area contributed by atoms with Crippen LogP contribution < -0.4 is 10.2 Å². The molecule has 0 spiro atoms. The van der Waals surface area contributed by atoms with Crippen LogP contribution in [0.3, 0.4) is 0 Å². The molecule has 0 radical (unpaired) electrons. The molecule has 1 aromatic carbocycles. The summed E-state index contributed by atoms with van der Waals surface area (Å²) >= 11 is 0. The second-order valence-corrected chi connectivity index (χ2v) is 5.62. The molecule has 0 bridgehead atoms. The van der Waals surface area contributed by atoms with Crippen LogP contribution in [-0.4, -0.2) is 40.5 Å². The first kappa shape index (κ1) is 15.1. The van der Waals surface area contributed by atoms with E-state index < -0.39 is 17.6 Å². The zero-order valence-corrected chi connectivity index (χ0v) is 12.4. The van der Waals surface area contributed by atoms with Gasteiger partial charge < -0.3 is 10.2 Å². The number of benzene rings is 1. The minimum absolute atomic E-state index is 0.0497. The largest absolute Gasteiger partial charge is 0.416 e. The first-order valence-electron chi connectivity index (χ1n) is 7.44. The zero-order chi connectivity index (χ0) is 16.9. The van der Waals surface area contributed by atoms with Gasteiger partial charge in [-0.15, -0.1) is 0 Å². The molecule has 3 heterocycles. The monoisotopic (exact) mass is 339 g/mol. The third-order valence-electron chi connectivity index (χ3n) is 4.11. The van der Waals surface area contributed by atoms with Gasteiger partial charge in [0.05, 0.1) is 11.1 Å². The number of imidazole rings is 1. The second kappa shape index (κ2) is 5.30. The molecular formula is C15H13F4N5. The summed E-state index contributed by atoms with van der Waals surface area (Å²) in [6, 6.07) is 1.39. The van der Waals surface area contributed by atoms with Gasteiger partial charge in [0.15, 0.2) is 17.3 Å². The fourth-order valence-corrected chi connectivity index (χ4v) is 2.95. The maximum Gasteiger partial charge on any atom is 0.416 e. The van der Waals surface area contributed by atoms with Gasteiger partial charge in [-0.05, 0) is 12.1 Å². The van der Waals surface area contributed by atoms with Gasteiger partial charge in [0, 0.05) is 38.6 Å². The van der Waals surface area contributed by atoms with Crippen molar-refractivity contribution < 1.29 is 17.6 Å². The Bertz CT molecular complexity index is 911. The predicted molar refractivity (Wildman–Crippen MR) is 80.5 cm³/mol. The lowest BCUT2D eigenvalue weighted by molar-refractivity contribution is -0.137. The van der Waals surface area contributed by atoms with E-state index in [0.717, 1.165) is 19.2 Å². The highest BCUT2D eigenvalue weighted by Gasteiger charge is 2.32. The van der Waals surface area contributed by atoms with E-state index >= 15 is 0 Å². The maximum atomic E-state index is 14.3. The first-order valence-corrected chi connectivity index (χ1v) is 7.44. The van der Waals surface area contributed by atoms with Crippen molar-refractivity contribution in [1.29, 1.82) is 0 Å². The Kier molecular flexibility index (Phi) is 3.34. The number of nitrogens with zero attached hydrogens (tertiary/aromatic N) is 4. The molecule has 24 heavy (non-hydrogen) atoms. The Morgan fingerprint density at radius 2 is 1.88 bits per heavy atom. The van der Waals surface area contributed by atoms with E-state index in [1.54, 1.807) is 0 Å². The summed E-state index contributed by atoms with van der Waals surface area (Å²) in [6.07, 6.45) is -1.63. The van der Waals surface area contributed by atoms with Crippen LogP contribution in [0.1, 0.15) is 5.56 Å². The molecule has 1 saturated heterocycles. The van der Waals surface area contributed by atoms with E-state index in [1.165, 1.54) is 16.8 Å². The molecule has 1 aliphatic heterocycles. The molecule has 0 amide bonds. The number of hydrogen-bond donors (Lipinski definition) is 1. The van der Waals surface area contributed by atoms with Crippen molar-refractivity contribution in [3.63, 3.8) is 0 Å². The Hall–Kier alpha value is -2.42. The van der Waals surface area contributed by atoms with Gasteiger partial charge in [-0.3, -0.25) is 4.40 Å². The zero-order valence-electron chi connectivity index (χ0n) is 12.4. The molecular weight excluding hydrogens is 326 g/mol. The number of aromatic nitrogens is 3. The summed E-state index contributed by atoms with van der Waals surface area (Å²) in [5.41, 5.74) is -0.668. The third kappa shape index (κ3) is 2.35. The summed E-state index contributed by atoms with van der Waals surface area (Å²) in [6.45, 7) is 2.84. The standard InChI is InChI=1S/C15H13F4N5/c16-10-7-9(15(17,18)19)8-11-12(10)22-14(13-21-3-6-24(11)13)23-4-1-20-2-5-23/h3,6-8,20H,1-2,4-5H2. The molecule has 2 aromatic heterocycles. The Balaban J connectivity index is 2.00. The number of halogens is 4. The maximum absolute atomic E-state index is 14.3. The summed E-state index contributed by atoms with van der Waals surface area (Å²) in [7, 11) is 0. The molecule has 9 heteroatoms. The number of rotatable bonds is 1. The number of anilines is 1. The predicted octanol–water partition coefficient (Wildman–Crippen LogP) is 2.45. The molecule has 4 rings (SSSR count). The Labute approximate surface area is 133 Å². The van der Waals surface area contributed by atoms with E-state index in [-0.39, 0.29) is 11.0 Å². The van der Waals surface area contributed by atoms with E-state index in [4.69, 9.17) is 0 Å². The molecule has 3 aromatic rings. The highest BCUT2D eigenvalue weighted by atomic mass is 19.4. The van der Waals surface area contributed by atoms with Gasteiger partial charge in [-0.2, -0.15) is 13.2 Å². The van der Waals surface area contributed by atoms with Gasteiger partial charge in [-0.1, -0.05) is 0 Å². The highest BCUT2D eigenvalue weighted by Crippen LogP contribution is 2.34. The minimum Gasteiger partial charge on any atom is -0.351 e. The van der Waals surface area contributed by atoms with Gasteiger partial charge in [0.1, 0.15) is 5.52 Å². The van der Waals surface area contributed by atoms with Crippen LogP contribution in [0.15, 0.2) is 24.5 Å². The topological polar surface area (TPSA) is 45.5 Å². The van der Waals surface area contributed by atoms with Gasteiger partial charge in [0.2, 0.25) is 0 Å². The van der Waals surface area contributed by atoms with Crippen molar-refractivity contribution in [2.24, 2.45) is 0 Å². The molecule has 5 nitrogen and oxygen atoms in total. The van der Waals surface area contributed by atoms with Crippen molar-refractivity contribution in [2.45, 2.75) is 6.18 Å².